The van der Waals surface area contributed by atoms with Gasteiger partial charge in [0.05, 0.1) is 16.8 Å². The molecule has 0 unspecified atom stereocenters. The third kappa shape index (κ3) is 3.24. The fourth-order valence-corrected chi connectivity index (χ4v) is 3.53. The third-order valence-corrected chi connectivity index (χ3v) is 5.23. The van der Waals surface area contributed by atoms with Gasteiger partial charge in [0.1, 0.15) is 5.69 Å². The molecule has 0 radical (unpaired) electrons. The molecule has 1 aromatic heterocycles. The fourth-order valence-electron chi connectivity index (χ4n) is 3.53. The quantitative estimate of drug-likeness (QED) is 0.873. The van der Waals surface area contributed by atoms with Gasteiger partial charge in [0.2, 0.25) is 5.91 Å². The van der Waals surface area contributed by atoms with E-state index in [1.165, 1.54) is 0 Å². The van der Waals surface area contributed by atoms with Crippen molar-refractivity contribution >= 4 is 24.0 Å². The van der Waals surface area contributed by atoms with Crippen LogP contribution in [-0.2, 0) is 11.8 Å². The van der Waals surface area contributed by atoms with E-state index in [0.717, 1.165) is 37.1 Å². The molecule has 136 valence electrons. The lowest BCUT2D eigenvalue weighted by atomic mass is 9.85. The molecule has 3 N–H and O–H groups in total. The normalized spacial score (nSPS) is 15.6. The number of nitrogens with two attached hydrogens (primary N) is 1. The fraction of sp³-hybridized carbons (Fsp3) is 0.444. The van der Waals surface area contributed by atoms with Crippen LogP contribution in [0, 0.1) is 12.3 Å². The number of carbonyl (C=O) groups is 1. The first kappa shape index (κ1) is 19.3. The second-order valence-corrected chi connectivity index (χ2v) is 6.58. The van der Waals surface area contributed by atoms with Crippen LogP contribution in [0.5, 0.6) is 0 Å². The molecule has 0 saturated heterocycles. The highest BCUT2D eigenvalue weighted by molar-refractivity contribution is 5.96. The zero-order chi connectivity index (χ0) is 17.3. The van der Waals surface area contributed by atoms with E-state index in [9.17, 15) is 9.59 Å². The summed E-state index contributed by atoms with van der Waals surface area (Å²) in [5.41, 5.74) is 6.95. The maximum absolute atomic E-state index is 12.9. The minimum absolute atomic E-state index is 0. The van der Waals surface area contributed by atoms with Crippen molar-refractivity contribution in [2.75, 3.05) is 11.9 Å². The number of nitrogens with one attached hydrogen (secondary N) is 1. The Hall–Kier alpha value is -2.05. The van der Waals surface area contributed by atoms with Crippen molar-refractivity contribution in [1.82, 2.24) is 9.36 Å². The van der Waals surface area contributed by atoms with E-state index in [0.29, 0.717) is 12.2 Å². The van der Waals surface area contributed by atoms with Crippen molar-refractivity contribution in [3.8, 4) is 5.69 Å². The summed E-state index contributed by atoms with van der Waals surface area (Å²) >= 11 is 0. The highest BCUT2D eigenvalue weighted by Crippen LogP contribution is 2.38. The second kappa shape index (κ2) is 7.45. The number of carbonyl (C=O) groups excluding carboxylic acids is 1. The summed E-state index contributed by atoms with van der Waals surface area (Å²) in [7, 11) is 1.81. The lowest BCUT2D eigenvalue weighted by Crippen LogP contribution is -2.41. The minimum Gasteiger partial charge on any atom is -0.329 e. The summed E-state index contributed by atoms with van der Waals surface area (Å²) in [6, 6.07) is 9.39. The van der Waals surface area contributed by atoms with E-state index in [2.05, 4.69) is 5.32 Å². The van der Waals surface area contributed by atoms with E-state index in [1.807, 2.05) is 44.3 Å². The first-order chi connectivity index (χ1) is 11.5. The number of nitrogens with zero attached hydrogens (tertiary/aromatic N) is 2. The van der Waals surface area contributed by atoms with Crippen LogP contribution in [0.1, 0.15) is 31.4 Å². The molecular formula is C18H25ClN4O2. The van der Waals surface area contributed by atoms with Crippen molar-refractivity contribution in [2.45, 2.75) is 32.6 Å². The maximum atomic E-state index is 12.9. The Bertz CT molecular complexity index is 804. The lowest BCUT2D eigenvalue weighted by Gasteiger charge is -2.25. The third-order valence-electron chi connectivity index (χ3n) is 5.23. The van der Waals surface area contributed by atoms with Crippen LogP contribution < -0.4 is 16.6 Å². The molecule has 0 bridgehead atoms. The van der Waals surface area contributed by atoms with Gasteiger partial charge in [-0.2, -0.15) is 0 Å². The molecule has 25 heavy (non-hydrogen) atoms. The van der Waals surface area contributed by atoms with Crippen LogP contribution in [0.2, 0.25) is 0 Å². The zero-order valence-electron chi connectivity index (χ0n) is 14.6. The predicted octanol–water partition coefficient (Wildman–Crippen LogP) is 2.36. The van der Waals surface area contributed by atoms with Crippen molar-refractivity contribution in [3.05, 3.63) is 46.4 Å². The molecule has 1 heterocycles. The summed E-state index contributed by atoms with van der Waals surface area (Å²) < 4.78 is 3.33. The van der Waals surface area contributed by atoms with Gasteiger partial charge in [0.15, 0.2) is 0 Å². The Morgan fingerprint density at radius 3 is 2.40 bits per heavy atom. The number of halogens is 1. The highest BCUT2D eigenvalue weighted by atomic mass is 35.5. The van der Waals surface area contributed by atoms with E-state index in [1.54, 1.807) is 9.36 Å². The van der Waals surface area contributed by atoms with Crippen LogP contribution >= 0.6 is 12.4 Å². The number of amides is 1. The van der Waals surface area contributed by atoms with Gasteiger partial charge in [-0.3, -0.25) is 14.3 Å². The zero-order valence-corrected chi connectivity index (χ0v) is 15.4. The minimum atomic E-state index is -0.535. The van der Waals surface area contributed by atoms with Crippen LogP contribution in [-0.4, -0.2) is 21.8 Å². The van der Waals surface area contributed by atoms with Gasteiger partial charge in [-0.25, -0.2) is 4.68 Å². The molecule has 1 aliphatic carbocycles. The summed E-state index contributed by atoms with van der Waals surface area (Å²) in [5.74, 6) is -0.131. The Morgan fingerprint density at radius 2 is 1.84 bits per heavy atom. The second-order valence-electron chi connectivity index (χ2n) is 6.58. The van der Waals surface area contributed by atoms with Gasteiger partial charge < -0.3 is 11.1 Å². The monoisotopic (exact) mass is 364 g/mol. The number of hydrogen-bond donors (Lipinski definition) is 2. The number of hydrogen-bond acceptors (Lipinski definition) is 3. The predicted molar refractivity (Wildman–Crippen MR) is 102 cm³/mol. The summed E-state index contributed by atoms with van der Waals surface area (Å²) in [6.07, 6.45) is 3.58. The van der Waals surface area contributed by atoms with Crippen LogP contribution in [0.4, 0.5) is 5.69 Å². The molecule has 7 heteroatoms. The standard InChI is InChI=1S/C18H24N4O2.ClH/c1-13-15(20-17(24)18(12-19)10-6-7-11-18)16(23)22(21(13)2)14-8-4-3-5-9-14;/h3-5,8-9H,6-7,10-12,19H2,1-2H3,(H,20,24);1H. The van der Waals surface area contributed by atoms with E-state index < -0.39 is 5.41 Å². The molecule has 0 atom stereocenters. The smallest absolute Gasteiger partial charge is 0.295 e. The van der Waals surface area contributed by atoms with Gasteiger partial charge in [0.25, 0.3) is 5.56 Å². The molecule has 1 aliphatic rings. The van der Waals surface area contributed by atoms with Crippen LogP contribution in [0.3, 0.4) is 0 Å². The van der Waals surface area contributed by atoms with E-state index in [4.69, 9.17) is 5.73 Å². The van der Waals surface area contributed by atoms with Crippen molar-refractivity contribution in [2.24, 2.45) is 18.2 Å². The summed E-state index contributed by atoms with van der Waals surface area (Å²) in [4.78, 5) is 25.6. The summed E-state index contributed by atoms with van der Waals surface area (Å²) in [6.45, 7) is 2.15. The number of anilines is 1. The van der Waals surface area contributed by atoms with Crippen LogP contribution in [0.25, 0.3) is 5.69 Å². The van der Waals surface area contributed by atoms with Gasteiger partial charge in [-0.15, -0.1) is 12.4 Å². The first-order valence-electron chi connectivity index (χ1n) is 8.36. The molecule has 1 amide bonds. The van der Waals surface area contributed by atoms with Gasteiger partial charge >= 0.3 is 0 Å². The number of rotatable bonds is 4. The van der Waals surface area contributed by atoms with Gasteiger partial charge in [-0.05, 0) is 31.9 Å². The number of para-hydroxylation sites is 1. The van der Waals surface area contributed by atoms with E-state index >= 15 is 0 Å². The molecule has 1 fully saturated rings. The molecule has 2 aromatic rings. The molecule has 1 saturated carbocycles. The van der Waals surface area contributed by atoms with Crippen molar-refractivity contribution in [1.29, 1.82) is 0 Å². The molecule has 6 nitrogen and oxygen atoms in total. The lowest BCUT2D eigenvalue weighted by molar-refractivity contribution is -0.124. The summed E-state index contributed by atoms with van der Waals surface area (Å²) in [5, 5.41) is 2.87. The van der Waals surface area contributed by atoms with Crippen molar-refractivity contribution < 1.29 is 4.79 Å². The topological polar surface area (TPSA) is 82.1 Å². The first-order valence-corrected chi connectivity index (χ1v) is 8.36. The van der Waals surface area contributed by atoms with Gasteiger partial charge in [0, 0.05) is 13.6 Å². The SMILES string of the molecule is Cc1c(NC(=O)C2(CN)CCCC2)c(=O)n(-c2ccccc2)n1C.Cl. The Morgan fingerprint density at radius 1 is 1.24 bits per heavy atom. The van der Waals surface area contributed by atoms with E-state index in [-0.39, 0.29) is 23.9 Å². The number of aromatic nitrogens is 2. The molecule has 0 spiro atoms. The average molecular weight is 365 g/mol. The largest absolute Gasteiger partial charge is 0.329 e. The Kier molecular flexibility index (Phi) is 5.75. The molecule has 0 aliphatic heterocycles. The molecule has 3 rings (SSSR count). The van der Waals surface area contributed by atoms with Crippen molar-refractivity contribution in [3.63, 3.8) is 0 Å². The van der Waals surface area contributed by atoms with Crippen LogP contribution in [0.15, 0.2) is 35.1 Å². The Labute approximate surface area is 153 Å². The molecular weight excluding hydrogens is 340 g/mol. The maximum Gasteiger partial charge on any atom is 0.295 e. The average Bonchev–Trinajstić information content (AvgIpc) is 3.16. The number of benzene rings is 1. The Balaban J connectivity index is 0.00000225. The van der Waals surface area contributed by atoms with Gasteiger partial charge in [-0.1, -0.05) is 31.0 Å². The highest BCUT2D eigenvalue weighted by Gasteiger charge is 2.40. The molecule has 1 aromatic carbocycles.